The molecule has 1 aromatic carbocycles. The molecule has 1 heterocycles. The van der Waals surface area contributed by atoms with E-state index < -0.39 is 0 Å². The fraction of sp³-hybridized carbons (Fsp3) is 0.588. The number of carbonyl (C=O) groups is 1. The number of nitrogens with one attached hydrogen (secondary N) is 1. The average Bonchev–Trinajstić information content (AvgIpc) is 2.58. The van der Waals surface area contributed by atoms with Crippen molar-refractivity contribution in [3.63, 3.8) is 0 Å². The van der Waals surface area contributed by atoms with Gasteiger partial charge in [-0.3, -0.25) is 4.79 Å². The van der Waals surface area contributed by atoms with Crippen molar-refractivity contribution in [2.75, 3.05) is 46.2 Å². The Hall–Kier alpha value is -1.04. The van der Waals surface area contributed by atoms with Crippen LogP contribution in [-0.2, 0) is 4.74 Å². The SMILES string of the molecule is COCCN1CCC(CNC(=O)c2ccccc2SC)CC1. The molecule has 2 rings (SSSR count). The molecule has 1 fully saturated rings. The lowest BCUT2D eigenvalue weighted by molar-refractivity contribution is 0.0923. The number of hydrogen-bond acceptors (Lipinski definition) is 4. The first-order chi connectivity index (χ1) is 10.7. The number of amides is 1. The molecule has 0 spiro atoms. The van der Waals surface area contributed by atoms with E-state index >= 15 is 0 Å². The molecule has 5 heteroatoms. The van der Waals surface area contributed by atoms with Crippen molar-refractivity contribution in [3.05, 3.63) is 29.8 Å². The standard InChI is InChI=1S/C17H26N2O2S/c1-21-12-11-19-9-7-14(8-10-19)13-18-17(20)15-5-3-4-6-16(15)22-2/h3-6,14H,7-13H2,1-2H3,(H,18,20). The van der Waals surface area contributed by atoms with E-state index in [1.807, 2.05) is 30.5 Å². The van der Waals surface area contributed by atoms with Gasteiger partial charge in [-0.1, -0.05) is 12.1 Å². The van der Waals surface area contributed by atoms with Crippen LogP contribution in [0.2, 0.25) is 0 Å². The Morgan fingerprint density at radius 1 is 1.36 bits per heavy atom. The molecule has 0 aliphatic carbocycles. The molecule has 1 aromatic rings. The van der Waals surface area contributed by atoms with E-state index in [9.17, 15) is 4.79 Å². The number of piperidine rings is 1. The molecule has 1 saturated heterocycles. The number of ether oxygens (including phenoxy) is 1. The molecule has 1 aliphatic rings. The predicted octanol–water partition coefficient (Wildman–Crippen LogP) is 2.50. The maximum atomic E-state index is 12.3. The number of thioether (sulfide) groups is 1. The van der Waals surface area contributed by atoms with Crippen molar-refractivity contribution in [2.45, 2.75) is 17.7 Å². The van der Waals surface area contributed by atoms with Gasteiger partial charge in [-0.15, -0.1) is 11.8 Å². The Kier molecular flexibility index (Phi) is 7.22. The van der Waals surface area contributed by atoms with Gasteiger partial charge in [0, 0.05) is 25.1 Å². The van der Waals surface area contributed by atoms with E-state index in [1.54, 1.807) is 18.9 Å². The second-order valence-corrected chi connectivity index (χ2v) is 6.54. The van der Waals surface area contributed by atoms with Crippen LogP contribution in [0.4, 0.5) is 0 Å². The number of rotatable bonds is 7. The molecule has 0 radical (unpaired) electrons. The summed E-state index contributed by atoms with van der Waals surface area (Å²) in [5.41, 5.74) is 0.785. The number of carbonyl (C=O) groups excluding carboxylic acids is 1. The minimum atomic E-state index is 0.0479. The van der Waals surface area contributed by atoms with E-state index in [2.05, 4.69) is 10.2 Å². The summed E-state index contributed by atoms with van der Waals surface area (Å²) < 4.78 is 5.12. The Labute approximate surface area is 137 Å². The molecule has 0 atom stereocenters. The van der Waals surface area contributed by atoms with Gasteiger partial charge < -0.3 is 15.0 Å². The molecule has 122 valence electrons. The van der Waals surface area contributed by atoms with E-state index in [0.717, 1.165) is 56.1 Å². The lowest BCUT2D eigenvalue weighted by Crippen LogP contribution is -2.39. The summed E-state index contributed by atoms with van der Waals surface area (Å²) in [6.07, 6.45) is 4.30. The largest absolute Gasteiger partial charge is 0.383 e. The van der Waals surface area contributed by atoms with Gasteiger partial charge in [0.15, 0.2) is 0 Å². The van der Waals surface area contributed by atoms with Crippen LogP contribution in [0, 0.1) is 5.92 Å². The van der Waals surface area contributed by atoms with E-state index in [0.29, 0.717) is 5.92 Å². The predicted molar refractivity (Wildman–Crippen MR) is 91.6 cm³/mol. The quantitative estimate of drug-likeness (QED) is 0.783. The molecule has 22 heavy (non-hydrogen) atoms. The first-order valence-corrected chi connectivity index (χ1v) is 9.09. The van der Waals surface area contributed by atoms with Gasteiger partial charge in [0.2, 0.25) is 0 Å². The number of nitrogens with zero attached hydrogens (tertiary/aromatic N) is 1. The van der Waals surface area contributed by atoms with Gasteiger partial charge in [0.1, 0.15) is 0 Å². The van der Waals surface area contributed by atoms with Crippen LogP contribution in [0.1, 0.15) is 23.2 Å². The smallest absolute Gasteiger partial charge is 0.252 e. The van der Waals surface area contributed by atoms with Crippen molar-refractivity contribution in [1.82, 2.24) is 10.2 Å². The molecule has 4 nitrogen and oxygen atoms in total. The minimum Gasteiger partial charge on any atom is -0.383 e. The summed E-state index contributed by atoms with van der Waals surface area (Å²) in [4.78, 5) is 15.8. The number of methoxy groups -OCH3 is 1. The van der Waals surface area contributed by atoms with Crippen molar-refractivity contribution in [2.24, 2.45) is 5.92 Å². The second kappa shape index (κ2) is 9.18. The lowest BCUT2D eigenvalue weighted by Gasteiger charge is -2.31. The second-order valence-electron chi connectivity index (χ2n) is 5.69. The van der Waals surface area contributed by atoms with Crippen LogP contribution in [0.15, 0.2) is 29.2 Å². The molecule has 0 saturated carbocycles. The van der Waals surface area contributed by atoms with E-state index in [1.165, 1.54) is 0 Å². The molecular formula is C17H26N2O2S. The highest BCUT2D eigenvalue weighted by molar-refractivity contribution is 7.98. The Bertz CT molecular complexity index is 473. The molecule has 1 N–H and O–H groups in total. The highest BCUT2D eigenvalue weighted by Crippen LogP contribution is 2.20. The highest BCUT2D eigenvalue weighted by Gasteiger charge is 2.20. The van der Waals surface area contributed by atoms with Crippen LogP contribution in [0.3, 0.4) is 0 Å². The van der Waals surface area contributed by atoms with Gasteiger partial charge in [-0.25, -0.2) is 0 Å². The summed E-state index contributed by atoms with van der Waals surface area (Å²) in [7, 11) is 1.74. The third-order valence-electron chi connectivity index (χ3n) is 4.22. The van der Waals surface area contributed by atoms with Crippen molar-refractivity contribution in [1.29, 1.82) is 0 Å². The van der Waals surface area contributed by atoms with Crippen LogP contribution in [-0.4, -0.2) is 57.0 Å². The Morgan fingerprint density at radius 3 is 2.77 bits per heavy atom. The summed E-state index contributed by atoms with van der Waals surface area (Å²) in [6, 6.07) is 7.78. The monoisotopic (exact) mass is 322 g/mol. The van der Waals surface area contributed by atoms with Crippen LogP contribution in [0.5, 0.6) is 0 Å². The topological polar surface area (TPSA) is 41.6 Å². The fourth-order valence-electron chi connectivity index (χ4n) is 2.80. The van der Waals surface area contributed by atoms with Crippen LogP contribution < -0.4 is 5.32 Å². The highest BCUT2D eigenvalue weighted by atomic mass is 32.2. The minimum absolute atomic E-state index is 0.0479. The van der Waals surface area contributed by atoms with Gasteiger partial charge in [-0.2, -0.15) is 0 Å². The molecular weight excluding hydrogens is 296 g/mol. The molecule has 0 aromatic heterocycles. The zero-order valence-electron chi connectivity index (χ0n) is 13.5. The fourth-order valence-corrected chi connectivity index (χ4v) is 3.39. The Balaban J connectivity index is 1.76. The van der Waals surface area contributed by atoms with Crippen LogP contribution >= 0.6 is 11.8 Å². The number of benzene rings is 1. The van der Waals surface area contributed by atoms with Crippen molar-refractivity contribution >= 4 is 17.7 Å². The zero-order valence-corrected chi connectivity index (χ0v) is 14.3. The van der Waals surface area contributed by atoms with Gasteiger partial charge in [0.25, 0.3) is 5.91 Å². The normalized spacial score (nSPS) is 16.6. The first kappa shape index (κ1) is 17.3. The maximum Gasteiger partial charge on any atom is 0.252 e. The van der Waals surface area contributed by atoms with E-state index in [-0.39, 0.29) is 5.91 Å². The summed E-state index contributed by atoms with van der Waals surface area (Å²) in [6.45, 7) is 4.79. The summed E-state index contributed by atoms with van der Waals surface area (Å²) >= 11 is 1.61. The average molecular weight is 322 g/mol. The molecule has 1 amide bonds. The van der Waals surface area contributed by atoms with Crippen LogP contribution in [0.25, 0.3) is 0 Å². The van der Waals surface area contributed by atoms with Crippen molar-refractivity contribution < 1.29 is 9.53 Å². The van der Waals surface area contributed by atoms with E-state index in [4.69, 9.17) is 4.74 Å². The van der Waals surface area contributed by atoms with Gasteiger partial charge in [0.05, 0.1) is 12.2 Å². The lowest BCUT2D eigenvalue weighted by atomic mass is 9.96. The first-order valence-electron chi connectivity index (χ1n) is 7.87. The summed E-state index contributed by atoms with van der Waals surface area (Å²) in [5.74, 6) is 0.635. The maximum absolute atomic E-state index is 12.3. The number of hydrogen-bond donors (Lipinski definition) is 1. The molecule has 1 aliphatic heterocycles. The number of likely N-dealkylation sites (tertiary alicyclic amines) is 1. The zero-order chi connectivity index (χ0) is 15.8. The van der Waals surface area contributed by atoms with Gasteiger partial charge >= 0.3 is 0 Å². The molecule has 0 unspecified atom stereocenters. The molecule has 0 bridgehead atoms. The Morgan fingerprint density at radius 2 is 2.09 bits per heavy atom. The third kappa shape index (κ3) is 5.00. The third-order valence-corrected chi connectivity index (χ3v) is 5.02. The summed E-state index contributed by atoms with van der Waals surface area (Å²) in [5, 5.41) is 3.11. The van der Waals surface area contributed by atoms with Crippen molar-refractivity contribution in [3.8, 4) is 0 Å². The van der Waals surface area contributed by atoms with Gasteiger partial charge in [-0.05, 0) is 50.2 Å².